The van der Waals surface area contributed by atoms with Gasteiger partial charge in [0.1, 0.15) is 17.6 Å². The Bertz CT molecular complexity index is 269. The third kappa shape index (κ3) is 7.40. The van der Waals surface area contributed by atoms with Crippen LogP contribution in [0.15, 0.2) is 24.4 Å². The van der Waals surface area contributed by atoms with Crippen LogP contribution in [0.2, 0.25) is 19.6 Å². The van der Waals surface area contributed by atoms with Crippen molar-refractivity contribution in [3.63, 3.8) is 0 Å². The van der Waals surface area contributed by atoms with Crippen molar-refractivity contribution >= 4 is 8.32 Å². The molecule has 0 aromatic heterocycles. The number of methoxy groups -OCH3 is 1. The molecule has 0 atom stereocenters. The molecule has 0 aliphatic heterocycles. The Morgan fingerprint density at radius 2 is 1.69 bits per heavy atom. The second-order valence-electron chi connectivity index (χ2n) is 5.57. The van der Waals surface area contributed by atoms with Crippen LogP contribution in [-0.4, -0.2) is 21.0 Å². The monoisotopic (exact) mass is 244 g/mol. The van der Waals surface area contributed by atoms with Crippen LogP contribution < -0.4 is 0 Å². The predicted molar refractivity (Wildman–Crippen MR) is 69.5 cm³/mol. The van der Waals surface area contributed by atoms with Crippen LogP contribution in [0.25, 0.3) is 0 Å². The van der Waals surface area contributed by atoms with E-state index in [1.807, 2.05) is 20.8 Å². The minimum atomic E-state index is -1.66. The zero-order valence-corrected chi connectivity index (χ0v) is 12.5. The van der Waals surface area contributed by atoms with Crippen LogP contribution in [0.4, 0.5) is 0 Å². The Balaban J connectivity index is 4.69. The fourth-order valence-corrected chi connectivity index (χ4v) is 1.84. The van der Waals surface area contributed by atoms with Gasteiger partial charge in [0.05, 0.1) is 7.11 Å². The third-order valence-corrected chi connectivity index (χ3v) is 2.20. The Labute approximate surface area is 100 Å². The number of hydrogen-bond donors (Lipinski definition) is 0. The van der Waals surface area contributed by atoms with Crippen molar-refractivity contribution in [1.29, 1.82) is 0 Å². The summed E-state index contributed by atoms with van der Waals surface area (Å²) in [5, 5.41) is 0. The maximum Gasteiger partial charge on any atom is 0.242 e. The van der Waals surface area contributed by atoms with Gasteiger partial charge in [-0.05, 0) is 40.4 Å². The molecular formula is C12H24O3Si. The standard InChI is InChI=1S/C12H24O3Si/c1-10(15-16(6,7)8)11(9-13-5)14-12(2,3)4/h9H,1H2,2-8H3. The molecule has 16 heavy (non-hydrogen) atoms. The van der Waals surface area contributed by atoms with Crippen LogP contribution in [-0.2, 0) is 13.9 Å². The van der Waals surface area contributed by atoms with Crippen molar-refractivity contribution in [1.82, 2.24) is 0 Å². The topological polar surface area (TPSA) is 27.7 Å². The van der Waals surface area contributed by atoms with E-state index < -0.39 is 8.32 Å². The third-order valence-electron chi connectivity index (χ3n) is 1.35. The molecule has 0 spiro atoms. The molecule has 0 saturated heterocycles. The first kappa shape index (κ1) is 15.1. The van der Waals surface area contributed by atoms with Crippen molar-refractivity contribution in [3.05, 3.63) is 24.4 Å². The SMILES string of the molecule is C=C(O[Si](C)(C)C)C(=COC)OC(C)(C)C. The molecule has 94 valence electrons. The van der Waals surface area contributed by atoms with Gasteiger partial charge in [0.25, 0.3) is 0 Å². The molecule has 0 radical (unpaired) electrons. The molecule has 0 amide bonds. The number of hydrogen-bond acceptors (Lipinski definition) is 3. The summed E-state index contributed by atoms with van der Waals surface area (Å²) < 4.78 is 16.5. The van der Waals surface area contributed by atoms with Crippen molar-refractivity contribution in [2.45, 2.75) is 46.0 Å². The van der Waals surface area contributed by atoms with Crippen molar-refractivity contribution in [3.8, 4) is 0 Å². The normalized spacial score (nSPS) is 13.3. The van der Waals surface area contributed by atoms with E-state index in [4.69, 9.17) is 13.9 Å². The van der Waals surface area contributed by atoms with Gasteiger partial charge in [0, 0.05) is 0 Å². The minimum Gasteiger partial charge on any atom is -0.542 e. The molecular weight excluding hydrogens is 220 g/mol. The summed E-state index contributed by atoms with van der Waals surface area (Å²) >= 11 is 0. The van der Waals surface area contributed by atoms with Gasteiger partial charge in [-0.15, -0.1) is 0 Å². The van der Waals surface area contributed by atoms with Gasteiger partial charge in [0.2, 0.25) is 8.32 Å². The second-order valence-corrected chi connectivity index (χ2v) is 10.00. The minimum absolute atomic E-state index is 0.296. The molecule has 0 fully saturated rings. The zero-order chi connectivity index (χ0) is 13.0. The maximum absolute atomic E-state index is 5.77. The lowest BCUT2D eigenvalue weighted by Gasteiger charge is -2.27. The summed E-state index contributed by atoms with van der Waals surface area (Å²) in [6, 6.07) is 0. The summed E-state index contributed by atoms with van der Waals surface area (Å²) in [6.07, 6.45) is 1.52. The zero-order valence-electron chi connectivity index (χ0n) is 11.5. The van der Waals surface area contributed by atoms with Crippen molar-refractivity contribution in [2.24, 2.45) is 0 Å². The summed E-state index contributed by atoms with van der Waals surface area (Å²) in [7, 11) is -0.0862. The van der Waals surface area contributed by atoms with E-state index in [1.54, 1.807) is 7.11 Å². The Morgan fingerprint density at radius 3 is 2.00 bits per heavy atom. The lowest BCUT2D eigenvalue weighted by atomic mass is 10.2. The first-order chi connectivity index (χ1) is 7.05. The van der Waals surface area contributed by atoms with E-state index in [9.17, 15) is 0 Å². The molecule has 4 heteroatoms. The highest BCUT2D eigenvalue weighted by atomic mass is 28.4. The average Bonchev–Trinajstić information content (AvgIpc) is 1.97. The highest BCUT2D eigenvalue weighted by Crippen LogP contribution is 2.22. The first-order valence-corrected chi connectivity index (χ1v) is 8.76. The molecule has 0 unspecified atom stereocenters. The fourth-order valence-electron chi connectivity index (χ4n) is 1.00. The highest BCUT2D eigenvalue weighted by Gasteiger charge is 2.22. The lowest BCUT2D eigenvalue weighted by Crippen LogP contribution is -2.27. The quantitative estimate of drug-likeness (QED) is 0.420. The van der Waals surface area contributed by atoms with Crippen LogP contribution in [0.5, 0.6) is 0 Å². The Morgan fingerprint density at radius 1 is 1.19 bits per heavy atom. The van der Waals surface area contributed by atoms with Crippen molar-refractivity contribution < 1.29 is 13.9 Å². The summed E-state index contributed by atoms with van der Waals surface area (Å²) in [4.78, 5) is 0. The molecule has 0 heterocycles. The van der Waals surface area contributed by atoms with Crippen LogP contribution in [0, 0.1) is 0 Å². The van der Waals surface area contributed by atoms with Gasteiger partial charge in [-0.25, -0.2) is 0 Å². The van der Waals surface area contributed by atoms with Crippen LogP contribution in [0.1, 0.15) is 20.8 Å². The van der Waals surface area contributed by atoms with Gasteiger partial charge in [0.15, 0.2) is 5.76 Å². The fraction of sp³-hybridized carbons (Fsp3) is 0.667. The number of ether oxygens (including phenoxy) is 2. The molecule has 0 aromatic carbocycles. The molecule has 0 aromatic rings. The van der Waals surface area contributed by atoms with E-state index in [1.165, 1.54) is 6.26 Å². The summed E-state index contributed by atoms with van der Waals surface area (Å²) in [5.41, 5.74) is -0.296. The van der Waals surface area contributed by atoms with E-state index in [-0.39, 0.29) is 5.60 Å². The molecule has 0 N–H and O–H groups in total. The molecule has 0 rings (SSSR count). The second kappa shape index (κ2) is 5.43. The number of rotatable bonds is 5. The van der Waals surface area contributed by atoms with E-state index in [2.05, 4.69) is 26.2 Å². The van der Waals surface area contributed by atoms with E-state index >= 15 is 0 Å². The smallest absolute Gasteiger partial charge is 0.242 e. The molecule has 0 aliphatic rings. The highest BCUT2D eigenvalue weighted by molar-refractivity contribution is 6.70. The van der Waals surface area contributed by atoms with Gasteiger partial charge < -0.3 is 13.9 Å². The molecule has 0 saturated carbocycles. The van der Waals surface area contributed by atoms with E-state index in [0.717, 1.165) is 0 Å². The lowest BCUT2D eigenvalue weighted by molar-refractivity contribution is 0.0424. The Kier molecular flexibility index (Phi) is 5.13. The average molecular weight is 244 g/mol. The van der Waals surface area contributed by atoms with Crippen LogP contribution >= 0.6 is 0 Å². The molecule has 3 nitrogen and oxygen atoms in total. The van der Waals surface area contributed by atoms with Gasteiger partial charge in [-0.3, -0.25) is 0 Å². The maximum atomic E-state index is 5.77. The molecule has 0 bridgehead atoms. The first-order valence-electron chi connectivity index (χ1n) is 5.35. The van der Waals surface area contributed by atoms with Gasteiger partial charge in [-0.1, -0.05) is 6.58 Å². The largest absolute Gasteiger partial charge is 0.542 e. The summed E-state index contributed by atoms with van der Waals surface area (Å²) in [6.45, 7) is 16.1. The van der Waals surface area contributed by atoms with Crippen molar-refractivity contribution in [2.75, 3.05) is 7.11 Å². The van der Waals surface area contributed by atoms with Crippen LogP contribution in [0.3, 0.4) is 0 Å². The summed E-state index contributed by atoms with van der Waals surface area (Å²) in [5.74, 6) is 1.09. The molecule has 0 aliphatic carbocycles. The predicted octanol–water partition coefficient (Wildman–Crippen LogP) is 3.65. The van der Waals surface area contributed by atoms with Gasteiger partial charge in [-0.2, -0.15) is 0 Å². The van der Waals surface area contributed by atoms with Gasteiger partial charge >= 0.3 is 0 Å². The Hall–Kier alpha value is -0.903. The van der Waals surface area contributed by atoms with E-state index in [0.29, 0.717) is 11.5 Å².